The summed E-state index contributed by atoms with van der Waals surface area (Å²) < 4.78 is 26.8. The van der Waals surface area contributed by atoms with E-state index in [1.54, 1.807) is 18.2 Å². The van der Waals surface area contributed by atoms with E-state index >= 15 is 0 Å². The van der Waals surface area contributed by atoms with Crippen molar-refractivity contribution in [3.8, 4) is 6.07 Å². The fraction of sp³-hybridized carbons (Fsp3) is 0. The standard InChI is InChI=1S/C13H10ClN3O2S/c14-12-7-10(16)4-5-13(12)20(18,19)17-11-3-1-2-9(6-11)8-15/h1-7,17H,16H2. The molecule has 20 heavy (non-hydrogen) atoms. The molecule has 0 radical (unpaired) electrons. The topological polar surface area (TPSA) is 96.0 Å². The van der Waals surface area contributed by atoms with E-state index in [-0.39, 0.29) is 15.6 Å². The smallest absolute Gasteiger partial charge is 0.263 e. The monoisotopic (exact) mass is 307 g/mol. The SMILES string of the molecule is N#Cc1cccc(NS(=O)(=O)c2ccc(N)cc2Cl)c1. The summed E-state index contributed by atoms with van der Waals surface area (Å²) in [7, 11) is -3.83. The Bertz CT molecular complexity index is 798. The maximum atomic E-state index is 12.2. The third-order valence-electron chi connectivity index (χ3n) is 2.49. The Balaban J connectivity index is 2.38. The van der Waals surface area contributed by atoms with Gasteiger partial charge < -0.3 is 5.73 Å². The van der Waals surface area contributed by atoms with Crippen LogP contribution < -0.4 is 10.5 Å². The Morgan fingerprint density at radius 1 is 1.20 bits per heavy atom. The number of benzene rings is 2. The van der Waals surface area contributed by atoms with Crippen molar-refractivity contribution in [2.45, 2.75) is 4.90 Å². The van der Waals surface area contributed by atoms with Crippen molar-refractivity contribution >= 4 is 33.0 Å². The molecule has 102 valence electrons. The maximum absolute atomic E-state index is 12.2. The van der Waals surface area contributed by atoms with Crippen LogP contribution in [0.15, 0.2) is 47.4 Å². The van der Waals surface area contributed by atoms with Crippen LogP contribution in [-0.2, 0) is 10.0 Å². The lowest BCUT2D eigenvalue weighted by atomic mass is 10.2. The van der Waals surface area contributed by atoms with Crippen LogP contribution in [0.4, 0.5) is 11.4 Å². The molecule has 0 aliphatic carbocycles. The number of rotatable bonds is 3. The summed E-state index contributed by atoms with van der Waals surface area (Å²) in [4.78, 5) is -0.0734. The highest BCUT2D eigenvalue weighted by Crippen LogP contribution is 2.25. The molecule has 5 nitrogen and oxygen atoms in total. The predicted octanol–water partition coefficient (Wildman–Crippen LogP) is 2.59. The van der Waals surface area contributed by atoms with E-state index in [9.17, 15) is 8.42 Å². The van der Waals surface area contributed by atoms with Crippen LogP contribution in [0, 0.1) is 11.3 Å². The molecule has 0 amide bonds. The van der Waals surface area contributed by atoms with Crippen LogP contribution >= 0.6 is 11.6 Å². The van der Waals surface area contributed by atoms with Gasteiger partial charge in [-0.15, -0.1) is 0 Å². The van der Waals surface area contributed by atoms with Crippen molar-refractivity contribution in [2.75, 3.05) is 10.5 Å². The highest BCUT2D eigenvalue weighted by Gasteiger charge is 2.18. The molecule has 0 atom stereocenters. The normalized spacial score (nSPS) is 10.8. The van der Waals surface area contributed by atoms with Crippen LogP contribution in [0.3, 0.4) is 0 Å². The first kappa shape index (κ1) is 14.2. The van der Waals surface area contributed by atoms with Gasteiger partial charge in [-0.1, -0.05) is 17.7 Å². The van der Waals surface area contributed by atoms with Crippen LogP contribution in [0.1, 0.15) is 5.56 Å². The number of nitriles is 1. The quantitative estimate of drug-likeness (QED) is 0.852. The predicted molar refractivity (Wildman–Crippen MR) is 77.8 cm³/mol. The first-order valence-electron chi connectivity index (χ1n) is 5.50. The van der Waals surface area contributed by atoms with Crippen molar-refractivity contribution in [3.63, 3.8) is 0 Å². The average molecular weight is 308 g/mol. The number of anilines is 2. The summed E-state index contributed by atoms with van der Waals surface area (Å²) in [6.07, 6.45) is 0. The van der Waals surface area contributed by atoms with Crippen molar-refractivity contribution in [1.82, 2.24) is 0 Å². The number of nitrogens with one attached hydrogen (secondary N) is 1. The molecular formula is C13H10ClN3O2S. The second-order valence-electron chi connectivity index (χ2n) is 3.99. The summed E-state index contributed by atoms with van der Waals surface area (Å²) in [5.74, 6) is 0. The molecule has 0 aliphatic rings. The largest absolute Gasteiger partial charge is 0.399 e. The molecule has 0 bridgehead atoms. The summed E-state index contributed by atoms with van der Waals surface area (Å²) in [5, 5.41) is 8.83. The van der Waals surface area contributed by atoms with Crippen LogP contribution in [-0.4, -0.2) is 8.42 Å². The molecule has 2 aromatic rings. The first-order chi connectivity index (χ1) is 9.42. The Hall–Kier alpha value is -2.23. The lowest BCUT2D eigenvalue weighted by Gasteiger charge is -2.10. The van der Waals surface area contributed by atoms with E-state index < -0.39 is 10.0 Å². The van der Waals surface area contributed by atoms with Gasteiger partial charge in [0.15, 0.2) is 0 Å². The van der Waals surface area contributed by atoms with Crippen molar-refractivity contribution in [2.24, 2.45) is 0 Å². The minimum absolute atomic E-state index is 0.0361. The van der Waals surface area contributed by atoms with Gasteiger partial charge in [0.25, 0.3) is 10.0 Å². The molecule has 2 rings (SSSR count). The second-order valence-corrected chi connectivity index (χ2v) is 6.05. The number of halogens is 1. The van der Waals surface area contributed by atoms with Gasteiger partial charge in [-0.3, -0.25) is 4.72 Å². The van der Waals surface area contributed by atoms with Gasteiger partial charge in [-0.2, -0.15) is 5.26 Å². The molecule has 7 heteroatoms. The summed E-state index contributed by atoms with van der Waals surface area (Å²) in [5.41, 5.74) is 6.54. The van der Waals surface area contributed by atoms with E-state index in [1.807, 2.05) is 6.07 Å². The molecule has 0 fully saturated rings. The number of sulfonamides is 1. The Labute approximate surface area is 121 Å². The zero-order valence-electron chi connectivity index (χ0n) is 10.2. The summed E-state index contributed by atoms with van der Waals surface area (Å²) >= 11 is 5.89. The Morgan fingerprint density at radius 2 is 1.95 bits per heavy atom. The van der Waals surface area contributed by atoms with Crippen molar-refractivity contribution in [3.05, 3.63) is 53.1 Å². The van der Waals surface area contributed by atoms with Crippen molar-refractivity contribution < 1.29 is 8.42 Å². The fourth-order valence-corrected chi connectivity index (χ4v) is 3.20. The second kappa shape index (κ2) is 5.41. The average Bonchev–Trinajstić information content (AvgIpc) is 2.37. The van der Waals surface area contributed by atoms with Gasteiger partial charge in [0.2, 0.25) is 0 Å². The highest BCUT2D eigenvalue weighted by molar-refractivity contribution is 7.92. The van der Waals surface area contributed by atoms with Crippen LogP contribution in [0.2, 0.25) is 5.02 Å². The zero-order valence-corrected chi connectivity index (χ0v) is 11.7. The van der Waals surface area contributed by atoms with Gasteiger partial charge in [-0.25, -0.2) is 8.42 Å². The lowest BCUT2D eigenvalue weighted by molar-refractivity contribution is 0.601. The van der Waals surface area contributed by atoms with E-state index in [2.05, 4.69) is 4.72 Å². The minimum atomic E-state index is -3.83. The van der Waals surface area contributed by atoms with Gasteiger partial charge in [-0.05, 0) is 36.4 Å². The number of nitrogen functional groups attached to an aromatic ring is 1. The molecule has 2 aromatic carbocycles. The first-order valence-corrected chi connectivity index (χ1v) is 7.36. The van der Waals surface area contributed by atoms with Gasteiger partial charge in [0.1, 0.15) is 4.90 Å². The number of hydrogen-bond acceptors (Lipinski definition) is 4. The van der Waals surface area contributed by atoms with Crippen molar-refractivity contribution in [1.29, 1.82) is 5.26 Å². The Kier molecular flexibility index (Phi) is 3.84. The molecule has 0 saturated carbocycles. The summed E-state index contributed by atoms with van der Waals surface area (Å²) in [6.45, 7) is 0. The van der Waals surface area contributed by atoms with E-state index in [0.717, 1.165) is 0 Å². The third kappa shape index (κ3) is 3.02. The number of nitrogens with zero attached hydrogens (tertiary/aromatic N) is 1. The van der Waals surface area contributed by atoms with E-state index in [1.165, 1.54) is 24.3 Å². The van der Waals surface area contributed by atoms with E-state index in [4.69, 9.17) is 22.6 Å². The van der Waals surface area contributed by atoms with E-state index in [0.29, 0.717) is 11.3 Å². The third-order valence-corrected chi connectivity index (χ3v) is 4.35. The molecule has 0 heterocycles. The van der Waals surface area contributed by atoms with Gasteiger partial charge in [0.05, 0.1) is 22.3 Å². The molecular weight excluding hydrogens is 298 g/mol. The summed E-state index contributed by atoms with van der Waals surface area (Å²) in [6, 6.07) is 12.2. The zero-order chi connectivity index (χ0) is 14.8. The fourth-order valence-electron chi connectivity index (χ4n) is 1.60. The Morgan fingerprint density at radius 3 is 2.60 bits per heavy atom. The highest BCUT2D eigenvalue weighted by atomic mass is 35.5. The maximum Gasteiger partial charge on any atom is 0.263 e. The number of nitrogens with two attached hydrogens (primary N) is 1. The van der Waals surface area contributed by atoms with Crippen LogP contribution in [0.5, 0.6) is 0 Å². The molecule has 0 unspecified atom stereocenters. The van der Waals surface area contributed by atoms with Gasteiger partial charge in [0, 0.05) is 5.69 Å². The lowest BCUT2D eigenvalue weighted by Crippen LogP contribution is -2.13. The van der Waals surface area contributed by atoms with Crippen LogP contribution in [0.25, 0.3) is 0 Å². The molecule has 0 aliphatic heterocycles. The number of hydrogen-bond donors (Lipinski definition) is 2. The molecule has 3 N–H and O–H groups in total. The molecule has 0 saturated heterocycles. The minimum Gasteiger partial charge on any atom is -0.399 e. The van der Waals surface area contributed by atoms with Gasteiger partial charge >= 0.3 is 0 Å². The molecule has 0 spiro atoms. The molecule has 0 aromatic heterocycles.